The van der Waals surface area contributed by atoms with Gasteiger partial charge in [-0.1, -0.05) is 46.8 Å². The van der Waals surface area contributed by atoms with Gasteiger partial charge in [-0.2, -0.15) is 4.98 Å². The van der Waals surface area contributed by atoms with Gasteiger partial charge < -0.3 is 10.3 Å². The molecule has 0 radical (unpaired) electrons. The zero-order valence-electron chi connectivity index (χ0n) is 10.6. The molecular weight excluding hydrogens is 256 g/mol. The van der Waals surface area contributed by atoms with Crippen molar-refractivity contribution in [1.82, 2.24) is 25.1 Å². The van der Waals surface area contributed by atoms with Gasteiger partial charge in [-0.05, 0) is 0 Å². The van der Waals surface area contributed by atoms with E-state index in [1.165, 1.54) is 4.68 Å². The van der Waals surface area contributed by atoms with E-state index < -0.39 is 0 Å². The summed E-state index contributed by atoms with van der Waals surface area (Å²) in [6, 6.07) is 9.52. The van der Waals surface area contributed by atoms with Crippen molar-refractivity contribution in [3.63, 3.8) is 0 Å². The fourth-order valence-electron chi connectivity index (χ4n) is 1.75. The van der Waals surface area contributed by atoms with Crippen molar-refractivity contribution in [3.8, 4) is 23.0 Å². The highest BCUT2D eigenvalue weighted by Gasteiger charge is 2.18. The summed E-state index contributed by atoms with van der Waals surface area (Å²) in [6.45, 7) is 4.10. The van der Waals surface area contributed by atoms with Gasteiger partial charge in [0.05, 0.1) is 6.54 Å². The van der Waals surface area contributed by atoms with Gasteiger partial charge in [-0.15, -0.1) is 11.7 Å². The molecule has 1 aromatic carbocycles. The van der Waals surface area contributed by atoms with Crippen molar-refractivity contribution in [1.29, 1.82) is 0 Å². The maximum Gasteiger partial charge on any atom is 0.282 e. The smallest absolute Gasteiger partial charge is 0.282 e. The first-order valence-electron chi connectivity index (χ1n) is 5.99. The number of aromatic nitrogens is 5. The standard InChI is InChI=1S/C13H12N6O/c1-2-8-19-11(14)10(16-18-19)13-15-12(17-20-13)9-6-4-3-5-7-9/h2-7H,1,8,14H2. The Labute approximate surface area is 114 Å². The average molecular weight is 268 g/mol. The quantitative estimate of drug-likeness (QED) is 0.724. The minimum Gasteiger partial charge on any atom is -0.382 e. The van der Waals surface area contributed by atoms with Crippen LogP contribution in [0.25, 0.3) is 23.0 Å². The molecule has 20 heavy (non-hydrogen) atoms. The lowest BCUT2D eigenvalue weighted by Crippen LogP contribution is -2.03. The van der Waals surface area contributed by atoms with Crippen molar-refractivity contribution in [2.24, 2.45) is 0 Å². The maximum absolute atomic E-state index is 5.93. The molecule has 2 N–H and O–H groups in total. The maximum atomic E-state index is 5.93. The second-order valence-corrected chi connectivity index (χ2v) is 4.08. The first-order valence-corrected chi connectivity index (χ1v) is 5.99. The fraction of sp³-hybridized carbons (Fsp3) is 0.0769. The minimum absolute atomic E-state index is 0.247. The van der Waals surface area contributed by atoms with E-state index in [1.807, 2.05) is 30.3 Å². The number of rotatable bonds is 4. The summed E-state index contributed by atoms with van der Waals surface area (Å²) in [5, 5.41) is 11.8. The summed E-state index contributed by atoms with van der Waals surface area (Å²) in [4.78, 5) is 4.29. The van der Waals surface area contributed by atoms with Crippen molar-refractivity contribution in [2.45, 2.75) is 6.54 Å². The Kier molecular flexibility index (Phi) is 3.00. The Hall–Kier alpha value is -2.96. The zero-order valence-corrected chi connectivity index (χ0v) is 10.6. The molecule has 0 saturated heterocycles. The summed E-state index contributed by atoms with van der Waals surface area (Å²) < 4.78 is 6.70. The third-order valence-corrected chi connectivity index (χ3v) is 2.74. The molecule has 0 aliphatic heterocycles. The Bertz CT molecular complexity index is 730. The molecule has 0 spiro atoms. The normalized spacial score (nSPS) is 10.6. The fourth-order valence-corrected chi connectivity index (χ4v) is 1.75. The minimum atomic E-state index is 0.247. The first kappa shape index (κ1) is 12.1. The molecule has 3 rings (SSSR count). The second-order valence-electron chi connectivity index (χ2n) is 4.08. The van der Waals surface area contributed by atoms with Gasteiger partial charge in [0.1, 0.15) is 0 Å². The third-order valence-electron chi connectivity index (χ3n) is 2.74. The largest absolute Gasteiger partial charge is 0.382 e. The van der Waals surface area contributed by atoms with Crippen LogP contribution in [0.15, 0.2) is 47.5 Å². The summed E-state index contributed by atoms with van der Waals surface area (Å²) in [7, 11) is 0. The predicted octanol–water partition coefficient (Wildman–Crippen LogP) is 1.76. The van der Waals surface area contributed by atoms with Crippen LogP contribution in [0.3, 0.4) is 0 Å². The molecule has 7 nitrogen and oxygen atoms in total. The van der Waals surface area contributed by atoms with E-state index in [0.29, 0.717) is 23.9 Å². The van der Waals surface area contributed by atoms with E-state index in [9.17, 15) is 0 Å². The molecule has 100 valence electrons. The molecule has 2 heterocycles. The molecule has 3 aromatic rings. The molecule has 0 amide bonds. The van der Waals surface area contributed by atoms with Crippen LogP contribution in [0.5, 0.6) is 0 Å². The van der Waals surface area contributed by atoms with Gasteiger partial charge in [-0.25, -0.2) is 4.68 Å². The van der Waals surface area contributed by atoms with Crippen LogP contribution in [0.4, 0.5) is 5.82 Å². The van der Waals surface area contributed by atoms with Crippen LogP contribution in [0, 0.1) is 0 Å². The summed E-state index contributed by atoms with van der Waals surface area (Å²) in [6.07, 6.45) is 1.68. The topological polar surface area (TPSA) is 95.6 Å². The Morgan fingerprint density at radius 3 is 2.85 bits per heavy atom. The lowest BCUT2D eigenvalue weighted by atomic mass is 10.2. The number of anilines is 1. The van der Waals surface area contributed by atoms with Crippen LogP contribution in [0.1, 0.15) is 0 Å². The SMILES string of the molecule is C=CCn1nnc(-c2nc(-c3ccccc3)no2)c1N. The van der Waals surface area contributed by atoms with E-state index in [1.54, 1.807) is 6.08 Å². The highest BCUT2D eigenvalue weighted by Crippen LogP contribution is 2.24. The van der Waals surface area contributed by atoms with Gasteiger partial charge >= 0.3 is 0 Å². The van der Waals surface area contributed by atoms with Crippen molar-refractivity contribution < 1.29 is 4.52 Å². The number of hydrogen-bond acceptors (Lipinski definition) is 6. The summed E-state index contributed by atoms with van der Waals surface area (Å²) in [5.41, 5.74) is 7.17. The number of benzene rings is 1. The molecule has 0 aliphatic carbocycles. The second kappa shape index (κ2) is 4.96. The highest BCUT2D eigenvalue weighted by atomic mass is 16.5. The molecule has 7 heteroatoms. The van der Waals surface area contributed by atoms with E-state index >= 15 is 0 Å². The number of nitrogens with two attached hydrogens (primary N) is 1. The van der Waals surface area contributed by atoms with Crippen LogP contribution in [-0.2, 0) is 6.54 Å². The van der Waals surface area contributed by atoms with Gasteiger partial charge in [-0.3, -0.25) is 0 Å². The Morgan fingerprint density at radius 1 is 1.30 bits per heavy atom. The monoisotopic (exact) mass is 268 g/mol. The number of nitrogen functional groups attached to an aromatic ring is 1. The Morgan fingerprint density at radius 2 is 2.10 bits per heavy atom. The number of allylic oxidation sites excluding steroid dienone is 1. The van der Waals surface area contributed by atoms with Crippen LogP contribution in [-0.4, -0.2) is 25.1 Å². The molecule has 0 bridgehead atoms. The number of hydrogen-bond donors (Lipinski definition) is 1. The Balaban J connectivity index is 1.96. The van der Waals surface area contributed by atoms with Gasteiger partial charge in [0, 0.05) is 5.56 Å². The van der Waals surface area contributed by atoms with E-state index in [4.69, 9.17) is 10.3 Å². The number of nitrogens with zero attached hydrogens (tertiary/aromatic N) is 5. The van der Waals surface area contributed by atoms with Crippen LogP contribution in [0.2, 0.25) is 0 Å². The molecule has 0 aliphatic rings. The average Bonchev–Trinajstić information content (AvgIpc) is 3.08. The highest BCUT2D eigenvalue weighted by molar-refractivity contribution is 5.64. The van der Waals surface area contributed by atoms with E-state index in [0.717, 1.165) is 5.56 Å². The van der Waals surface area contributed by atoms with E-state index in [2.05, 4.69) is 27.0 Å². The van der Waals surface area contributed by atoms with Crippen LogP contribution < -0.4 is 5.73 Å². The van der Waals surface area contributed by atoms with Gasteiger partial charge in [0.15, 0.2) is 11.5 Å². The van der Waals surface area contributed by atoms with Gasteiger partial charge in [0.25, 0.3) is 5.89 Å². The molecule has 0 unspecified atom stereocenters. The summed E-state index contributed by atoms with van der Waals surface area (Å²) in [5.74, 6) is 1.10. The molecule has 2 aromatic heterocycles. The van der Waals surface area contributed by atoms with Crippen LogP contribution >= 0.6 is 0 Å². The van der Waals surface area contributed by atoms with Crippen molar-refractivity contribution in [3.05, 3.63) is 43.0 Å². The molecular formula is C13H12N6O. The molecule has 0 saturated carbocycles. The lowest BCUT2D eigenvalue weighted by Gasteiger charge is -1.96. The third kappa shape index (κ3) is 2.05. The van der Waals surface area contributed by atoms with Gasteiger partial charge in [0.2, 0.25) is 5.82 Å². The molecule has 0 fully saturated rings. The molecule has 0 atom stereocenters. The lowest BCUT2D eigenvalue weighted by molar-refractivity contribution is 0.431. The van der Waals surface area contributed by atoms with Crippen molar-refractivity contribution >= 4 is 5.82 Å². The summed E-state index contributed by atoms with van der Waals surface area (Å²) >= 11 is 0. The zero-order chi connectivity index (χ0) is 13.9. The first-order chi connectivity index (χ1) is 9.79. The predicted molar refractivity (Wildman–Crippen MR) is 73.4 cm³/mol. The van der Waals surface area contributed by atoms with Crippen molar-refractivity contribution in [2.75, 3.05) is 5.73 Å². The van der Waals surface area contributed by atoms with E-state index in [-0.39, 0.29) is 5.89 Å².